The van der Waals surface area contributed by atoms with Crippen LogP contribution in [0.25, 0.3) is 0 Å². The van der Waals surface area contributed by atoms with Crippen molar-refractivity contribution in [3.05, 3.63) is 30.1 Å². The van der Waals surface area contributed by atoms with Gasteiger partial charge in [-0.05, 0) is 12.1 Å². The Balaban J connectivity index is 2.53. The van der Waals surface area contributed by atoms with E-state index in [1.165, 1.54) is 17.8 Å². The molecule has 0 saturated heterocycles. The average molecular weight is 181 g/mol. The highest BCUT2D eigenvalue weighted by Gasteiger charge is 1.99. The molecule has 0 aliphatic heterocycles. The number of thioether (sulfide) groups is 1. The normalized spacial score (nSPS) is 9.33. The number of nitrogens with zero attached hydrogens (tertiary/aromatic N) is 1. The molecule has 0 aromatic heterocycles. The van der Waals surface area contributed by atoms with Crippen molar-refractivity contribution in [2.45, 2.75) is 11.3 Å². The van der Waals surface area contributed by atoms with Crippen LogP contribution in [0.1, 0.15) is 6.42 Å². The maximum Gasteiger partial charge on any atom is 0.136 e. The number of hydrogen-bond acceptors (Lipinski definition) is 2. The Morgan fingerprint density at radius 3 is 2.83 bits per heavy atom. The van der Waals surface area contributed by atoms with Gasteiger partial charge in [-0.1, -0.05) is 12.1 Å². The molecule has 0 heterocycles. The van der Waals surface area contributed by atoms with Crippen LogP contribution in [-0.2, 0) is 0 Å². The van der Waals surface area contributed by atoms with Gasteiger partial charge in [0.25, 0.3) is 0 Å². The highest BCUT2D eigenvalue weighted by molar-refractivity contribution is 7.99. The molecular formula is C9H8FNS. The van der Waals surface area contributed by atoms with Gasteiger partial charge in [-0.2, -0.15) is 5.26 Å². The average Bonchev–Trinajstić information content (AvgIpc) is 2.09. The zero-order valence-corrected chi connectivity index (χ0v) is 7.27. The molecule has 12 heavy (non-hydrogen) atoms. The highest BCUT2D eigenvalue weighted by Crippen LogP contribution is 2.21. The predicted octanol–water partition coefficient (Wildman–Crippen LogP) is 2.83. The third kappa shape index (κ3) is 2.55. The maximum absolute atomic E-state index is 12.9. The van der Waals surface area contributed by atoms with Gasteiger partial charge < -0.3 is 0 Å². The zero-order valence-electron chi connectivity index (χ0n) is 6.46. The molecule has 1 aromatic carbocycles. The van der Waals surface area contributed by atoms with Gasteiger partial charge >= 0.3 is 0 Å². The second kappa shape index (κ2) is 4.78. The fourth-order valence-electron chi connectivity index (χ4n) is 0.768. The van der Waals surface area contributed by atoms with Crippen molar-refractivity contribution in [2.24, 2.45) is 0 Å². The molecule has 0 unspecified atom stereocenters. The Morgan fingerprint density at radius 1 is 1.42 bits per heavy atom. The molecule has 0 bridgehead atoms. The minimum absolute atomic E-state index is 0.208. The Hall–Kier alpha value is -1.01. The molecule has 1 rings (SSSR count). The van der Waals surface area contributed by atoms with Crippen LogP contribution >= 0.6 is 11.8 Å². The van der Waals surface area contributed by atoms with Crippen molar-refractivity contribution >= 4 is 11.8 Å². The van der Waals surface area contributed by atoms with E-state index in [9.17, 15) is 4.39 Å². The summed E-state index contributed by atoms with van der Waals surface area (Å²) in [5.74, 6) is 0.442. The Labute approximate surface area is 75.2 Å². The van der Waals surface area contributed by atoms with Gasteiger partial charge in [0.2, 0.25) is 0 Å². The minimum Gasteiger partial charge on any atom is -0.206 e. The number of rotatable bonds is 3. The number of hydrogen-bond donors (Lipinski definition) is 0. The van der Waals surface area contributed by atoms with Crippen LogP contribution < -0.4 is 0 Å². The third-order valence-corrected chi connectivity index (χ3v) is 2.36. The van der Waals surface area contributed by atoms with E-state index in [2.05, 4.69) is 0 Å². The molecule has 0 spiro atoms. The molecule has 62 valence electrons. The SMILES string of the molecule is N#CCCSc1ccccc1F. The Bertz CT molecular complexity index is 293. The van der Waals surface area contributed by atoms with Crippen LogP contribution in [0.5, 0.6) is 0 Å². The van der Waals surface area contributed by atoms with Crippen LogP contribution in [0, 0.1) is 17.1 Å². The minimum atomic E-state index is -0.208. The van der Waals surface area contributed by atoms with Crippen molar-refractivity contribution in [2.75, 3.05) is 5.75 Å². The summed E-state index contributed by atoms with van der Waals surface area (Å²) in [6, 6.07) is 8.60. The highest BCUT2D eigenvalue weighted by atomic mass is 32.2. The summed E-state index contributed by atoms with van der Waals surface area (Å²) in [5, 5.41) is 8.26. The fourth-order valence-corrected chi connectivity index (χ4v) is 1.56. The third-order valence-electron chi connectivity index (χ3n) is 1.31. The largest absolute Gasteiger partial charge is 0.206 e. The summed E-state index contributed by atoms with van der Waals surface area (Å²) >= 11 is 1.37. The van der Waals surface area contributed by atoms with Crippen LogP contribution in [0.4, 0.5) is 4.39 Å². The lowest BCUT2D eigenvalue weighted by molar-refractivity contribution is 0.602. The number of nitriles is 1. The second-order valence-corrected chi connectivity index (χ2v) is 3.32. The Kier molecular flexibility index (Phi) is 3.62. The van der Waals surface area contributed by atoms with Gasteiger partial charge in [0.15, 0.2) is 0 Å². The van der Waals surface area contributed by atoms with Crippen molar-refractivity contribution < 1.29 is 4.39 Å². The van der Waals surface area contributed by atoms with Crippen LogP contribution in [-0.4, -0.2) is 5.75 Å². The quantitative estimate of drug-likeness (QED) is 0.529. The van der Waals surface area contributed by atoms with Crippen LogP contribution in [0.15, 0.2) is 29.2 Å². The molecule has 0 atom stereocenters. The molecule has 0 saturated carbocycles. The molecule has 3 heteroatoms. The van der Waals surface area contributed by atoms with Crippen molar-refractivity contribution in [3.8, 4) is 6.07 Å². The first-order chi connectivity index (χ1) is 5.84. The summed E-state index contributed by atoms with van der Waals surface area (Å²) in [6.07, 6.45) is 0.457. The lowest BCUT2D eigenvalue weighted by Crippen LogP contribution is -1.81. The molecule has 0 radical (unpaired) electrons. The smallest absolute Gasteiger partial charge is 0.136 e. The second-order valence-electron chi connectivity index (χ2n) is 2.19. The predicted molar refractivity (Wildman–Crippen MR) is 47.4 cm³/mol. The topological polar surface area (TPSA) is 23.8 Å². The van der Waals surface area contributed by atoms with E-state index < -0.39 is 0 Å². The van der Waals surface area contributed by atoms with Gasteiger partial charge in [0.1, 0.15) is 5.82 Å². The van der Waals surface area contributed by atoms with E-state index in [1.54, 1.807) is 18.2 Å². The first kappa shape index (κ1) is 9.08. The van der Waals surface area contributed by atoms with Crippen molar-refractivity contribution in [1.82, 2.24) is 0 Å². The molecule has 0 fully saturated rings. The van der Waals surface area contributed by atoms with Crippen molar-refractivity contribution in [1.29, 1.82) is 5.26 Å². The maximum atomic E-state index is 12.9. The molecule has 1 aromatic rings. The van der Waals surface area contributed by atoms with E-state index in [0.29, 0.717) is 17.1 Å². The standard InChI is InChI=1S/C9H8FNS/c10-8-4-1-2-5-9(8)12-7-3-6-11/h1-2,4-5H,3,7H2. The van der Waals surface area contributed by atoms with E-state index in [1.807, 2.05) is 6.07 Å². The van der Waals surface area contributed by atoms with E-state index in [0.717, 1.165) is 0 Å². The molecule has 0 aliphatic rings. The lowest BCUT2D eigenvalue weighted by atomic mass is 10.3. The van der Waals surface area contributed by atoms with E-state index in [-0.39, 0.29) is 5.82 Å². The molecule has 0 aliphatic carbocycles. The number of halogens is 1. The van der Waals surface area contributed by atoms with Gasteiger partial charge in [0, 0.05) is 17.1 Å². The summed E-state index contributed by atoms with van der Waals surface area (Å²) in [6.45, 7) is 0. The Morgan fingerprint density at radius 2 is 2.17 bits per heavy atom. The van der Waals surface area contributed by atoms with Gasteiger partial charge in [-0.25, -0.2) is 4.39 Å². The van der Waals surface area contributed by atoms with Crippen LogP contribution in [0.2, 0.25) is 0 Å². The monoisotopic (exact) mass is 181 g/mol. The summed E-state index contributed by atoms with van der Waals surface area (Å²) < 4.78 is 12.9. The zero-order chi connectivity index (χ0) is 8.81. The molecule has 0 N–H and O–H groups in total. The summed E-state index contributed by atoms with van der Waals surface area (Å²) in [5.41, 5.74) is 0. The molecule has 0 amide bonds. The van der Waals surface area contributed by atoms with Gasteiger partial charge in [0.05, 0.1) is 6.07 Å². The molecule has 1 nitrogen and oxygen atoms in total. The number of benzene rings is 1. The summed E-state index contributed by atoms with van der Waals surface area (Å²) in [4.78, 5) is 0.618. The molecular weight excluding hydrogens is 173 g/mol. The van der Waals surface area contributed by atoms with Gasteiger partial charge in [-0.3, -0.25) is 0 Å². The first-order valence-corrected chi connectivity index (χ1v) is 4.57. The summed E-state index contributed by atoms with van der Waals surface area (Å²) in [7, 11) is 0. The van der Waals surface area contributed by atoms with Gasteiger partial charge in [-0.15, -0.1) is 11.8 Å². The van der Waals surface area contributed by atoms with Crippen molar-refractivity contribution in [3.63, 3.8) is 0 Å². The first-order valence-electron chi connectivity index (χ1n) is 3.59. The van der Waals surface area contributed by atoms with Crippen LogP contribution in [0.3, 0.4) is 0 Å². The van der Waals surface area contributed by atoms with E-state index in [4.69, 9.17) is 5.26 Å². The lowest BCUT2D eigenvalue weighted by Gasteiger charge is -1.98. The fraction of sp³-hybridized carbons (Fsp3) is 0.222. The van der Waals surface area contributed by atoms with E-state index >= 15 is 0 Å².